The minimum atomic E-state index is 0.436. The molecular formula is C16H27N3S. The molecule has 1 aliphatic heterocycles. The molecule has 0 atom stereocenters. The Morgan fingerprint density at radius 1 is 1.40 bits per heavy atom. The van der Waals surface area contributed by atoms with Crippen molar-refractivity contribution in [3.05, 3.63) is 10.6 Å². The summed E-state index contributed by atoms with van der Waals surface area (Å²) in [6, 6.07) is 0. The van der Waals surface area contributed by atoms with Crippen molar-refractivity contribution in [1.29, 1.82) is 0 Å². The van der Waals surface area contributed by atoms with Gasteiger partial charge in [-0.3, -0.25) is 0 Å². The maximum absolute atomic E-state index is 5.02. The fourth-order valence-corrected chi connectivity index (χ4v) is 4.25. The van der Waals surface area contributed by atoms with Crippen molar-refractivity contribution < 1.29 is 0 Å². The van der Waals surface area contributed by atoms with Crippen molar-refractivity contribution in [1.82, 2.24) is 10.3 Å². The zero-order chi connectivity index (χ0) is 14.2. The van der Waals surface area contributed by atoms with Gasteiger partial charge in [0.2, 0.25) is 0 Å². The van der Waals surface area contributed by atoms with Crippen LogP contribution in [0.1, 0.15) is 62.9 Å². The largest absolute Gasteiger partial charge is 0.348 e. The summed E-state index contributed by atoms with van der Waals surface area (Å²) in [6.45, 7) is 11.3. The van der Waals surface area contributed by atoms with Gasteiger partial charge in [0.05, 0.1) is 5.69 Å². The monoisotopic (exact) mass is 293 g/mol. The van der Waals surface area contributed by atoms with Gasteiger partial charge in [0.1, 0.15) is 0 Å². The number of thiazole rings is 1. The standard InChI is InChI=1S/C16H27N3S/c1-4-17-10-13-14(12-6-7-12)18-15(20-13)19-9-5-8-16(2,3)11-19/h12,17H,4-11H2,1-3H3. The average Bonchev–Trinajstić information content (AvgIpc) is 3.15. The highest BCUT2D eigenvalue weighted by atomic mass is 32.1. The van der Waals surface area contributed by atoms with E-state index in [0.29, 0.717) is 5.41 Å². The van der Waals surface area contributed by atoms with Crippen LogP contribution in [-0.4, -0.2) is 24.6 Å². The van der Waals surface area contributed by atoms with E-state index in [2.05, 4.69) is 31.0 Å². The Hall–Kier alpha value is -0.610. The van der Waals surface area contributed by atoms with E-state index in [1.807, 2.05) is 11.3 Å². The highest BCUT2D eigenvalue weighted by molar-refractivity contribution is 7.15. The normalized spacial score (nSPS) is 22.2. The Bertz CT molecular complexity index is 462. The first-order chi connectivity index (χ1) is 9.59. The third kappa shape index (κ3) is 3.17. The van der Waals surface area contributed by atoms with Crippen LogP contribution in [0.15, 0.2) is 0 Å². The van der Waals surface area contributed by atoms with E-state index >= 15 is 0 Å². The maximum Gasteiger partial charge on any atom is 0.185 e. The summed E-state index contributed by atoms with van der Waals surface area (Å²) in [5.41, 5.74) is 1.83. The molecule has 0 radical (unpaired) electrons. The Morgan fingerprint density at radius 3 is 2.85 bits per heavy atom. The van der Waals surface area contributed by atoms with Crippen molar-refractivity contribution >= 4 is 16.5 Å². The lowest BCUT2D eigenvalue weighted by molar-refractivity contribution is 0.293. The molecule has 20 heavy (non-hydrogen) atoms. The van der Waals surface area contributed by atoms with E-state index in [4.69, 9.17) is 4.98 Å². The summed E-state index contributed by atoms with van der Waals surface area (Å²) < 4.78 is 0. The Morgan fingerprint density at radius 2 is 2.20 bits per heavy atom. The number of piperidine rings is 1. The number of rotatable bonds is 5. The fourth-order valence-electron chi connectivity index (χ4n) is 3.11. The molecule has 1 aromatic rings. The second kappa shape index (κ2) is 5.64. The van der Waals surface area contributed by atoms with Gasteiger partial charge in [0.15, 0.2) is 5.13 Å². The molecule has 3 nitrogen and oxygen atoms in total. The summed E-state index contributed by atoms with van der Waals surface area (Å²) in [7, 11) is 0. The van der Waals surface area contributed by atoms with Crippen LogP contribution in [0.25, 0.3) is 0 Å². The lowest BCUT2D eigenvalue weighted by Gasteiger charge is -2.37. The molecule has 1 saturated heterocycles. The molecule has 3 rings (SSSR count). The lowest BCUT2D eigenvalue weighted by Crippen LogP contribution is -2.40. The molecule has 0 amide bonds. The van der Waals surface area contributed by atoms with Crippen molar-refractivity contribution in [2.75, 3.05) is 24.5 Å². The van der Waals surface area contributed by atoms with Gasteiger partial charge in [-0.15, -0.1) is 11.3 Å². The molecule has 1 saturated carbocycles. The molecule has 4 heteroatoms. The van der Waals surface area contributed by atoms with Gasteiger partial charge < -0.3 is 10.2 Å². The van der Waals surface area contributed by atoms with E-state index < -0.39 is 0 Å². The molecular weight excluding hydrogens is 266 g/mol. The zero-order valence-corrected chi connectivity index (χ0v) is 13.9. The van der Waals surface area contributed by atoms with Crippen LogP contribution in [0.2, 0.25) is 0 Å². The van der Waals surface area contributed by atoms with Crippen molar-refractivity contribution in [3.8, 4) is 0 Å². The van der Waals surface area contributed by atoms with E-state index in [9.17, 15) is 0 Å². The van der Waals surface area contributed by atoms with Gasteiger partial charge in [-0.1, -0.05) is 20.8 Å². The van der Waals surface area contributed by atoms with Crippen molar-refractivity contribution in [2.45, 2.75) is 58.9 Å². The van der Waals surface area contributed by atoms with Gasteiger partial charge in [-0.05, 0) is 37.6 Å². The smallest absolute Gasteiger partial charge is 0.185 e. The first-order valence-corrected chi connectivity index (χ1v) is 8.86. The first kappa shape index (κ1) is 14.3. The number of aromatic nitrogens is 1. The Kier molecular flexibility index (Phi) is 4.04. The maximum atomic E-state index is 5.02. The molecule has 1 aromatic heterocycles. The van der Waals surface area contributed by atoms with Crippen LogP contribution in [0, 0.1) is 5.41 Å². The number of nitrogens with zero attached hydrogens (tertiary/aromatic N) is 2. The molecule has 1 N–H and O–H groups in total. The summed E-state index contributed by atoms with van der Waals surface area (Å²) in [5.74, 6) is 0.756. The van der Waals surface area contributed by atoms with Crippen LogP contribution >= 0.6 is 11.3 Å². The second-order valence-electron chi connectivity index (χ2n) is 7.05. The zero-order valence-electron chi connectivity index (χ0n) is 13.0. The molecule has 0 aromatic carbocycles. The summed E-state index contributed by atoms with van der Waals surface area (Å²) >= 11 is 1.93. The summed E-state index contributed by atoms with van der Waals surface area (Å²) in [5, 5.41) is 4.74. The topological polar surface area (TPSA) is 28.2 Å². The second-order valence-corrected chi connectivity index (χ2v) is 8.11. The third-order valence-corrected chi connectivity index (χ3v) is 5.52. The molecule has 2 heterocycles. The van der Waals surface area contributed by atoms with Gasteiger partial charge >= 0.3 is 0 Å². The average molecular weight is 293 g/mol. The Labute approximate surface area is 126 Å². The molecule has 0 spiro atoms. The number of hydrogen-bond acceptors (Lipinski definition) is 4. The minimum absolute atomic E-state index is 0.436. The van der Waals surface area contributed by atoms with Crippen LogP contribution in [-0.2, 0) is 6.54 Å². The van der Waals surface area contributed by atoms with Crippen LogP contribution in [0.5, 0.6) is 0 Å². The Balaban J connectivity index is 1.78. The van der Waals surface area contributed by atoms with Gasteiger partial charge in [0, 0.05) is 30.4 Å². The van der Waals surface area contributed by atoms with Gasteiger partial charge in [-0.2, -0.15) is 0 Å². The number of anilines is 1. The quantitative estimate of drug-likeness (QED) is 0.896. The molecule has 0 bridgehead atoms. The predicted molar refractivity (Wildman–Crippen MR) is 86.7 cm³/mol. The van der Waals surface area contributed by atoms with Crippen molar-refractivity contribution in [3.63, 3.8) is 0 Å². The molecule has 2 aliphatic rings. The van der Waals surface area contributed by atoms with E-state index in [0.717, 1.165) is 25.6 Å². The van der Waals surface area contributed by atoms with E-state index in [-0.39, 0.29) is 0 Å². The predicted octanol–water partition coefficient (Wildman–Crippen LogP) is 3.76. The van der Waals surface area contributed by atoms with Gasteiger partial charge in [-0.25, -0.2) is 4.98 Å². The number of nitrogens with one attached hydrogen (secondary N) is 1. The van der Waals surface area contributed by atoms with E-state index in [1.165, 1.54) is 47.9 Å². The highest BCUT2D eigenvalue weighted by Gasteiger charge is 2.32. The number of hydrogen-bond donors (Lipinski definition) is 1. The van der Waals surface area contributed by atoms with Crippen LogP contribution in [0.3, 0.4) is 0 Å². The SMILES string of the molecule is CCNCc1sc(N2CCCC(C)(C)C2)nc1C1CC1. The summed E-state index contributed by atoms with van der Waals surface area (Å²) in [6.07, 6.45) is 5.32. The first-order valence-electron chi connectivity index (χ1n) is 8.04. The molecule has 0 unspecified atom stereocenters. The fraction of sp³-hybridized carbons (Fsp3) is 0.812. The van der Waals surface area contributed by atoms with Crippen LogP contribution < -0.4 is 10.2 Å². The van der Waals surface area contributed by atoms with Crippen molar-refractivity contribution in [2.24, 2.45) is 5.41 Å². The molecule has 2 fully saturated rings. The van der Waals surface area contributed by atoms with Gasteiger partial charge in [0.25, 0.3) is 0 Å². The minimum Gasteiger partial charge on any atom is -0.348 e. The highest BCUT2D eigenvalue weighted by Crippen LogP contribution is 2.45. The van der Waals surface area contributed by atoms with Crippen LogP contribution in [0.4, 0.5) is 5.13 Å². The van der Waals surface area contributed by atoms with E-state index in [1.54, 1.807) is 0 Å². The lowest BCUT2D eigenvalue weighted by atomic mass is 9.84. The molecule has 112 valence electrons. The summed E-state index contributed by atoms with van der Waals surface area (Å²) in [4.78, 5) is 9.02. The molecule has 1 aliphatic carbocycles. The third-order valence-electron chi connectivity index (χ3n) is 4.39.